The second-order valence-corrected chi connectivity index (χ2v) is 6.48. The lowest BCUT2D eigenvalue weighted by molar-refractivity contribution is 0.169. The summed E-state index contributed by atoms with van der Waals surface area (Å²) in [6, 6.07) is 2.30. The summed E-state index contributed by atoms with van der Waals surface area (Å²) in [5.41, 5.74) is 1.07. The van der Waals surface area contributed by atoms with Gasteiger partial charge in [0.15, 0.2) is 0 Å². The fraction of sp³-hybridized carbons (Fsp3) is 0.643. The van der Waals surface area contributed by atoms with Crippen LogP contribution in [-0.2, 0) is 4.74 Å². The molecule has 5 heteroatoms. The summed E-state index contributed by atoms with van der Waals surface area (Å²) < 4.78 is 7.21. The van der Waals surface area contributed by atoms with Crippen LogP contribution >= 0.6 is 31.9 Å². The molecule has 0 aromatic carbocycles. The number of pyridine rings is 1. The number of methoxy groups -OCH3 is 1. The smallest absolute Gasteiger partial charge is 0.0718 e. The van der Waals surface area contributed by atoms with Gasteiger partial charge in [0, 0.05) is 28.9 Å². The van der Waals surface area contributed by atoms with Crippen LogP contribution in [0.3, 0.4) is 0 Å². The SMILES string of the molecule is CCCNC(c1ncc(Br)cc1Br)C(C)CCOC. The Bertz CT molecular complexity index is 388. The van der Waals surface area contributed by atoms with E-state index in [2.05, 4.69) is 56.0 Å². The molecule has 1 N–H and O–H groups in total. The van der Waals surface area contributed by atoms with E-state index in [1.165, 1.54) is 0 Å². The van der Waals surface area contributed by atoms with E-state index < -0.39 is 0 Å². The molecule has 0 radical (unpaired) electrons. The van der Waals surface area contributed by atoms with Gasteiger partial charge in [-0.1, -0.05) is 13.8 Å². The van der Waals surface area contributed by atoms with Gasteiger partial charge in [0.1, 0.15) is 0 Å². The molecular formula is C14H22Br2N2O. The molecule has 3 nitrogen and oxygen atoms in total. The fourth-order valence-electron chi connectivity index (χ4n) is 1.99. The number of nitrogens with one attached hydrogen (secondary N) is 1. The molecular weight excluding hydrogens is 372 g/mol. The van der Waals surface area contributed by atoms with Crippen molar-refractivity contribution < 1.29 is 4.74 Å². The zero-order valence-electron chi connectivity index (χ0n) is 11.7. The number of aromatic nitrogens is 1. The number of ether oxygens (including phenoxy) is 1. The molecule has 0 saturated heterocycles. The minimum atomic E-state index is 0.248. The normalized spacial score (nSPS) is 14.4. The van der Waals surface area contributed by atoms with Crippen LogP contribution in [-0.4, -0.2) is 25.2 Å². The Kier molecular flexibility index (Phi) is 8.14. The van der Waals surface area contributed by atoms with Crippen molar-refractivity contribution >= 4 is 31.9 Å². The van der Waals surface area contributed by atoms with E-state index in [0.29, 0.717) is 5.92 Å². The first-order valence-corrected chi connectivity index (χ1v) is 8.22. The third-order valence-corrected chi connectivity index (χ3v) is 4.16. The Hall–Kier alpha value is 0.0300. The van der Waals surface area contributed by atoms with Gasteiger partial charge < -0.3 is 10.1 Å². The van der Waals surface area contributed by atoms with E-state index in [0.717, 1.165) is 40.6 Å². The van der Waals surface area contributed by atoms with Gasteiger partial charge in [-0.15, -0.1) is 0 Å². The van der Waals surface area contributed by atoms with Crippen LogP contribution in [0.15, 0.2) is 21.2 Å². The topological polar surface area (TPSA) is 34.2 Å². The predicted molar refractivity (Wildman–Crippen MR) is 86.3 cm³/mol. The van der Waals surface area contributed by atoms with Crippen molar-refractivity contribution in [3.63, 3.8) is 0 Å². The van der Waals surface area contributed by atoms with Gasteiger partial charge in [0.25, 0.3) is 0 Å². The molecule has 1 aromatic rings. The van der Waals surface area contributed by atoms with Gasteiger partial charge in [-0.2, -0.15) is 0 Å². The molecule has 2 atom stereocenters. The molecule has 1 heterocycles. The second kappa shape index (κ2) is 9.06. The first kappa shape index (κ1) is 17.1. The van der Waals surface area contributed by atoms with Crippen LogP contribution in [0.2, 0.25) is 0 Å². The minimum Gasteiger partial charge on any atom is -0.385 e. The van der Waals surface area contributed by atoms with Crippen LogP contribution in [0.25, 0.3) is 0 Å². The molecule has 0 aliphatic rings. The van der Waals surface area contributed by atoms with E-state index in [4.69, 9.17) is 4.74 Å². The van der Waals surface area contributed by atoms with Crippen LogP contribution in [0, 0.1) is 5.92 Å². The molecule has 0 aliphatic carbocycles. The van der Waals surface area contributed by atoms with E-state index >= 15 is 0 Å². The molecule has 1 rings (SSSR count). The van der Waals surface area contributed by atoms with Gasteiger partial charge in [-0.3, -0.25) is 4.98 Å². The maximum absolute atomic E-state index is 5.18. The van der Waals surface area contributed by atoms with Gasteiger partial charge in [-0.25, -0.2) is 0 Å². The summed E-state index contributed by atoms with van der Waals surface area (Å²) >= 11 is 7.06. The molecule has 0 aliphatic heterocycles. The standard InChI is InChI=1S/C14H22Br2N2O/c1-4-6-17-13(10(2)5-7-19-3)14-12(16)8-11(15)9-18-14/h8-10,13,17H,4-7H2,1-3H3. The van der Waals surface area contributed by atoms with Crippen LogP contribution in [0.1, 0.15) is 38.4 Å². The third-order valence-electron chi connectivity index (χ3n) is 3.09. The van der Waals surface area contributed by atoms with Crippen LogP contribution in [0.5, 0.6) is 0 Å². The largest absolute Gasteiger partial charge is 0.385 e. The Morgan fingerprint density at radius 2 is 2.16 bits per heavy atom. The first-order chi connectivity index (χ1) is 9.10. The highest BCUT2D eigenvalue weighted by molar-refractivity contribution is 9.11. The van der Waals surface area contributed by atoms with E-state index in [9.17, 15) is 0 Å². The summed E-state index contributed by atoms with van der Waals surface area (Å²) in [6.07, 6.45) is 3.98. The average Bonchev–Trinajstić information content (AvgIpc) is 2.38. The van der Waals surface area contributed by atoms with Gasteiger partial charge >= 0.3 is 0 Å². The Morgan fingerprint density at radius 1 is 1.42 bits per heavy atom. The minimum absolute atomic E-state index is 0.248. The second-order valence-electron chi connectivity index (χ2n) is 4.71. The number of halogens is 2. The third kappa shape index (κ3) is 5.50. The van der Waals surface area contributed by atoms with Gasteiger partial charge in [0.05, 0.1) is 11.7 Å². The monoisotopic (exact) mass is 392 g/mol. The zero-order valence-corrected chi connectivity index (χ0v) is 14.9. The van der Waals surface area contributed by atoms with Crippen LogP contribution < -0.4 is 5.32 Å². The number of rotatable bonds is 8. The fourth-order valence-corrected chi connectivity index (χ4v) is 3.23. The molecule has 1 aromatic heterocycles. The highest BCUT2D eigenvalue weighted by Crippen LogP contribution is 2.30. The van der Waals surface area contributed by atoms with Crippen molar-refractivity contribution in [2.75, 3.05) is 20.3 Å². The molecule has 0 amide bonds. The lowest BCUT2D eigenvalue weighted by atomic mass is 9.95. The maximum atomic E-state index is 5.18. The summed E-state index contributed by atoms with van der Waals surface area (Å²) in [4.78, 5) is 4.56. The van der Waals surface area contributed by atoms with E-state index in [1.807, 2.05) is 12.3 Å². The van der Waals surface area contributed by atoms with Crippen molar-refractivity contribution in [2.45, 2.75) is 32.7 Å². The first-order valence-electron chi connectivity index (χ1n) is 6.63. The number of hydrogen-bond acceptors (Lipinski definition) is 3. The van der Waals surface area contributed by atoms with Crippen molar-refractivity contribution in [1.29, 1.82) is 0 Å². The Labute approximate surface area is 132 Å². The quantitative estimate of drug-likeness (QED) is 0.713. The molecule has 19 heavy (non-hydrogen) atoms. The van der Waals surface area contributed by atoms with Crippen molar-refractivity contribution in [1.82, 2.24) is 10.3 Å². The van der Waals surface area contributed by atoms with E-state index in [1.54, 1.807) is 7.11 Å². The molecule has 2 unspecified atom stereocenters. The summed E-state index contributed by atoms with van der Waals surface area (Å²) in [7, 11) is 1.75. The zero-order chi connectivity index (χ0) is 14.3. The van der Waals surface area contributed by atoms with E-state index in [-0.39, 0.29) is 6.04 Å². The van der Waals surface area contributed by atoms with Crippen LogP contribution in [0.4, 0.5) is 0 Å². The average molecular weight is 394 g/mol. The molecule has 108 valence electrons. The Balaban J connectivity index is 2.88. The highest BCUT2D eigenvalue weighted by Gasteiger charge is 2.22. The molecule has 0 bridgehead atoms. The van der Waals surface area contributed by atoms with Crippen molar-refractivity contribution in [3.05, 3.63) is 26.9 Å². The molecule has 0 fully saturated rings. The summed E-state index contributed by atoms with van der Waals surface area (Å²) in [6.45, 7) is 6.18. The Morgan fingerprint density at radius 3 is 2.74 bits per heavy atom. The predicted octanol–water partition coefficient (Wildman–Crippen LogP) is 4.32. The van der Waals surface area contributed by atoms with Crippen molar-refractivity contribution in [3.8, 4) is 0 Å². The van der Waals surface area contributed by atoms with Gasteiger partial charge in [-0.05, 0) is 63.2 Å². The number of hydrogen-bond donors (Lipinski definition) is 1. The summed E-state index contributed by atoms with van der Waals surface area (Å²) in [5, 5.41) is 3.59. The lowest BCUT2D eigenvalue weighted by Crippen LogP contribution is -2.29. The lowest BCUT2D eigenvalue weighted by Gasteiger charge is -2.25. The molecule has 0 saturated carbocycles. The van der Waals surface area contributed by atoms with Crippen molar-refractivity contribution in [2.24, 2.45) is 5.92 Å². The number of nitrogens with zero attached hydrogens (tertiary/aromatic N) is 1. The van der Waals surface area contributed by atoms with Gasteiger partial charge in [0.2, 0.25) is 0 Å². The maximum Gasteiger partial charge on any atom is 0.0718 e. The summed E-state index contributed by atoms with van der Waals surface area (Å²) in [5.74, 6) is 0.469. The highest BCUT2D eigenvalue weighted by atomic mass is 79.9. The molecule has 0 spiro atoms.